The van der Waals surface area contributed by atoms with Crippen molar-refractivity contribution in [3.05, 3.63) is 34.4 Å². The molecule has 0 radical (unpaired) electrons. The van der Waals surface area contributed by atoms with Gasteiger partial charge in [0, 0.05) is 25.2 Å². The van der Waals surface area contributed by atoms with Gasteiger partial charge in [-0.1, -0.05) is 20.8 Å². The molecule has 0 saturated carbocycles. The van der Waals surface area contributed by atoms with Crippen molar-refractivity contribution in [2.75, 3.05) is 27.3 Å². The van der Waals surface area contributed by atoms with Crippen LogP contribution in [0.1, 0.15) is 52.9 Å². The summed E-state index contributed by atoms with van der Waals surface area (Å²) in [5.41, 5.74) is 4.00. The second kappa shape index (κ2) is 11.3. The van der Waals surface area contributed by atoms with E-state index < -0.39 is 5.97 Å². The molecule has 3 rings (SSSR count). The quantitative estimate of drug-likeness (QED) is 0.548. The van der Waals surface area contributed by atoms with Gasteiger partial charge >= 0.3 is 5.97 Å². The highest BCUT2D eigenvalue weighted by molar-refractivity contribution is 5.85. The number of carbonyl (C=O) groups is 1. The number of methoxy groups -OCH3 is 2. The molecule has 2 aliphatic heterocycles. The minimum absolute atomic E-state index is 0. The number of fused-ring (bicyclic) bond motifs is 2. The molecule has 0 bridgehead atoms. The van der Waals surface area contributed by atoms with Crippen LogP contribution in [-0.2, 0) is 14.3 Å². The summed E-state index contributed by atoms with van der Waals surface area (Å²) in [6.07, 6.45) is 6.50. The molecule has 0 aromatic heterocycles. The molecule has 0 amide bonds. The Hall–Kier alpha value is -1.33. The van der Waals surface area contributed by atoms with Gasteiger partial charge in [0.25, 0.3) is 0 Å². The van der Waals surface area contributed by atoms with E-state index in [1.54, 1.807) is 14.2 Å². The first kappa shape index (κ1) is 26.7. The van der Waals surface area contributed by atoms with E-state index in [2.05, 4.69) is 24.8 Å². The lowest BCUT2D eigenvalue weighted by molar-refractivity contribution is -0.145. The molecular formula is C23H37Cl2NO4. The first-order valence-electron chi connectivity index (χ1n) is 10.6. The van der Waals surface area contributed by atoms with Crippen LogP contribution in [0.5, 0.6) is 0 Å². The summed E-state index contributed by atoms with van der Waals surface area (Å²) >= 11 is 0. The first-order valence-corrected chi connectivity index (χ1v) is 10.6. The molecule has 5 nitrogen and oxygen atoms in total. The molecule has 1 saturated heterocycles. The molecule has 0 aromatic carbocycles. The Morgan fingerprint density at radius 2 is 1.97 bits per heavy atom. The van der Waals surface area contributed by atoms with Crippen molar-refractivity contribution in [2.45, 2.75) is 52.9 Å². The van der Waals surface area contributed by atoms with Gasteiger partial charge in [-0.2, -0.15) is 0 Å². The maximum Gasteiger partial charge on any atom is 0.306 e. The molecule has 2 heterocycles. The molecule has 1 N–H and O–H groups in total. The van der Waals surface area contributed by atoms with Crippen LogP contribution in [0, 0.1) is 23.7 Å². The van der Waals surface area contributed by atoms with Gasteiger partial charge in [0.15, 0.2) is 5.76 Å². The van der Waals surface area contributed by atoms with E-state index in [4.69, 9.17) is 9.47 Å². The Kier molecular flexibility index (Phi) is 10.1. The number of halogens is 2. The molecule has 30 heavy (non-hydrogen) atoms. The Morgan fingerprint density at radius 1 is 1.27 bits per heavy atom. The van der Waals surface area contributed by atoms with Gasteiger partial charge in [-0.15, -0.1) is 24.8 Å². The SMILES string of the molecule is CC[C@@H](C(=O)O)C1CC2=C3CC(OC)=C(OC)C=C3CCN2CC1CC(C)C.Cl.Cl. The van der Waals surface area contributed by atoms with Crippen LogP contribution in [0.3, 0.4) is 0 Å². The van der Waals surface area contributed by atoms with E-state index in [-0.39, 0.29) is 36.6 Å². The number of nitrogens with zero attached hydrogens (tertiary/aromatic N) is 1. The van der Waals surface area contributed by atoms with Crippen molar-refractivity contribution in [3.63, 3.8) is 0 Å². The zero-order valence-electron chi connectivity index (χ0n) is 18.8. The molecule has 7 heteroatoms. The summed E-state index contributed by atoms with van der Waals surface area (Å²) < 4.78 is 11.1. The predicted molar refractivity (Wildman–Crippen MR) is 124 cm³/mol. The smallest absolute Gasteiger partial charge is 0.306 e. The number of hydrogen-bond acceptors (Lipinski definition) is 4. The number of carboxylic acid groups (broad SMARTS) is 1. The Labute approximate surface area is 193 Å². The zero-order valence-corrected chi connectivity index (χ0v) is 20.4. The fraction of sp³-hybridized carbons (Fsp3) is 0.696. The van der Waals surface area contributed by atoms with Gasteiger partial charge in [-0.25, -0.2) is 0 Å². The Balaban J connectivity index is 0.00000225. The highest BCUT2D eigenvalue weighted by Gasteiger charge is 2.42. The number of aliphatic carboxylic acids is 1. The normalized spacial score (nSPS) is 24.2. The second-order valence-electron chi connectivity index (χ2n) is 8.77. The molecule has 172 valence electrons. The molecule has 0 aromatic rings. The van der Waals surface area contributed by atoms with Crippen LogP contribution in [-0.4, -0.2) is 43.3 Å². The maximum atomic E-state index is 12.0. The van der Waals surface area contributed by atoms with Crippen LogP contribution in [0.4, 0.5) is 0 Å². The maximum absolute atomic E-state index is 12.0. The zero-order chi connectivity index (χ0) is 20.4. The number of hydrogen-bond donors (Lipinski definition) is 1. The number of allylic oxidation sites excluding steroid dienone is 3. The second-order valence-corrected chi connectivity index (χ2v) is 8.77. The summed E-state index contributed by atoms with van der Waals surface area (Å²) in [7, 11) is 3.38. The van der Waals surface area contributed by atoms with Crippen LogP contribution in [0.25, 0.3) is 0 Å². The van der Waals surface area contributed by atoms with Gasteiger partial charge in [0.05, 0.1) is 20.1 Å². The average Bonchev–Trinajstić information content (AvgIpc) is 2.66. The topological polar surface area (TPSA) is 59.0 Å². The van der Waals surface area contributed by atoms with E-state index in [0.29, 0.717) is 18.3 Å². The predicted octanol–water partition coefficient (Wildman–Crippen LogP) is 5.42. The third-order valence-electron chi connectivity index (χ3n) is 6.69. The van der Waals surface area contributed by atoms with Crippen molar-refractivity contribution in [2.24, 2.45) is 23.7 Å². The monoisotopic (exact) mass is 461 g/mol. The van der Waals surface area contributed by atoms with Crippen molar-refractivity contribution in [3.8, 4) is 0 Å². The third kappa shape index (κ3) is 5.28. The highest BCUT2D eigenvalue weighted by atomic mass is 35.5. The van der Waals surface area contributed by atoms with Gasteiger partial charge in [-0.3, -0.25) is 4.79 Å². The molecule has 3 atom stereocenters. The minimum Gasteiger partial charge on any atom is -0.497 e. The van der Waals surface area contributed by atoms with Crippen LogP contribution < -0.4 is 0 Å². The Bertz CT molecular complexity index is 714. The summed E-state index contributed by atoms with van der Waals surface area (Å²) in [5.74, 6) is 1.97. The van der Waals surface area contributed by atoms with E-state index in [1.807, 2.05) is 6.92 Å². The average molecular weight is 462 g/mol. The first-order chi connectivity index (χ1) is 13.4. The molecule has 0 spiro atoms. The van der Waals surface area contributed by atoms with Gasteiger partial charge in [-0.05, 0) is 60.7 Å². The molecule has 1 aliphatic carbocycles. The fourth-order valence-electron chi connectivity index (χ4n) is 5.37. The number of ether oxygens (including phenoxy) is 2. The fourth-order valence-corrected chi connectivity index (χ4v) is 5.37. The summed E-state index contributed by atoms with van der Waals surface area (Å²) in [6.45, 7) is 8.48. The summed E-state index contributed by atoms with van der Waals surface area (Å²) in [6, 6.07) is 0. The van der Waals surface area contributed by atoms with Gasteiger partial charge < -0.3 is 19.5 Å². The van der Waals surface area contributed by atoms with Crippen LogP contribution in [0.2, 0.25) is 0 Å². The molecule has 1 fully saturated rings. The van der Waals surface area contributed by atoms with Crippen molar-refractivity contribution in [1.29, 1.82) is 0 Å². The number of carboxylic acids is 1. The lowest BCUT2D eigenvalue weighted by atomic mass is 9.69. The minimum atomic E-state index is -0.644. The van der Waals surface area contributed by atoms with Gasteiger partial charge in [0.2, 0.25) is 0 Å². The number of piperidine rings is 1. The van der Waals surface area contributed by atoms with E-state index in [9.17, 15) is 9.90 Å². The van der Waals surface area contributed by atoms with Crippen molar-refractivity contribution < 1.29 is 19.4 Å². The molecule has 3 aliphatic rings. The molecule has 2 unspecified atom stereocenters. The van der Waals surface area contributed by atoms with Crippen molar-refractivity contribution in [1.82, 2.24) is 4.90 Å². The standard InChI is InChI=1S/C23H35NO4.2ClH/c1-6-17(23(25)26)18-11-20-19-12-22(28-5)21(27-4)10-15(19)7-8-24(20)13-16(18)9-14(2)3;;/h10,14,16-18H,6-9,11-13H2,1-5H3,(H,25,26);2*1H/t16?,17-,18?;;/m1../s1. The lowest BCUT2D eigenvalue weighted by Gasteiger charge is -2.47. The lowest BCUT2D eigenvalue weighted by Crippen LogP contribution is -2.46. The van der Waals surface area contributed by atoms with Crippen molar-refractivity contribution >= 4 is 30.8 Å². The van der Waals surface area contributed by atoms with Crippen LogP contribution in [0.15, 0.2) is 34.4 Å². The number of rotatable bonds is 7. The highest BCUT2D eigenvalue weighted by Crippen LogP contribution is 2.46. The van der Waals surface area contributed by atoms with E-state index >= 15 is 0 Å². The van der Waals surface area contributed by atoms with E-state index in [1.165, 1.54) is 16.8 Å². The third-order valence-corrected chi connectivity index (χ3v) is 6.69. The summed E-state index contributed by atoms with van der Waals surface area (Å²) in [4.78, 5) is 14.5. The Morgan fingerprint density at radius 3 is 2.50 bits per heavy atom. The van der Waals surface area contributed by atoms with Crippen LogP contribution >= 0.6 is 24.8 Å². The molecular weight excluding hydrogens is 425 g/mol. The largest absolute Gasteiger partial charge is 0.497 e. The van der Waals surface area contributed by atoms with Gasteiger partial charge in [0.1, 0.15) is 5.76 Å². The van der Waals surface area contributed by atoms with E-state index in [0.717, 1.165) is 50.3 Å². The summed E-state index contributed by atoms with van der Waals surface area (Å²) in [5, 5.41) is 9.87.